The molecule has 7 rings (SSSR count). The molecule has 1 aliphatic rings. The SMILES string of the molecule is O=C(Oc1cccc(-c2ccc3cc(OC(=O)c4ccccc4)ccc3c2C(=O)c2ccc(OCCN3CCCCC3)cc2)c1)c1ccccc1. The van der Waals surface area contributed by atoms with Gasteiger partial charge in [-0.25, -0.2) is 9.59 Å². The molecule has 0 saturated carbocycles. The Hall–Kier alpha value is -6.05. The number of esters is 2. The molecule has 0 spiro atoms. The first-order chi connectivity index (χ1) is 25.0. The average Bonchev–Trinajstić information content (AvgIpc) is 3.18. The van der Waals surface area contributed by atoms with Crippen LogP contribution in [-0.2, 0) is 0 Å². The predicted molar refractivity (Wildman–Crippen MR) is 198 cm³/mol. The predicted octanol–water partition coefficient (Wildman–Crippen LogP) is 9.04. The topological polar surface area (TPSA) is 82.1 Å². The van der Waals surface area contributed by atoms with Crippen molar-refractivity contribution in [2.75, 3.05) is 26.2 Å². The molecule has 6 aromatic rings. The maximum atomic E-state index is 14.5. The van der Waals surface area contributed by atoms with Crippen LogP contribution in [0.25, 0.3) is 21.9 Å². The van der Waals surface area contributed by atoms with Crippen molar-refractivity contribution in [1.82, 2.24) is 4.90 Å². The van der Waals surface area contributed by atoms with Crippen molar-refractivity contribution in [2.45, 2.75) is 19.3 Å². The molecule has 0 amide bonds. The third-order valence-electron chi connectivity index (χ3n) is 9.04. The molecule has 0 aliphatic carbocycles. The first-order valence-corrected chi connectivity index (χ1v) is 17.2. The van der Waals surface area contributed by atoms with Crippen molar-refractivity contribution in [3.8, 4) is 28.4 Å². The van der Waals surface area contributed by atoms with Crippen LogP contribution in [0.15, 0.2) is 140 Å². The maximum Gasteiger partial charge on any atom is 0.343 e. The maximum absolute atomic E-state index is 14.5. The summed E-state index contributed by atoms with van der Waals surface area (Å²) in [7, 11) is 0. The van der Waals surface area contributed by atoms with E-state index in [0.717, 1.165) is 25.0 Å². The second-order valence-electron chi connectivity index (χ2n) is 12.5. The van der Waals surface area contributed by atoms with Gasteiger partial charge in [-0.1, -0.05) is 67.1 Å². The zero-order chi connectivity index (χ0) is 35.0. The number of hydrogen-bond donors (Lipinski definition) is 0. The summed E-state index contributed by atoms with van der Waals surface area (Å²) in [6, 6.07) is 41.0. The smallest absolute Gasteiger partial charge is 0.343 e. The number of carbonyl (C=O) groups excluding carboxylic acids is 3. The van der Waals surface area contributed by atoms with Gasteiger partial charge in [-0.3, -0.25) is 9.69 Å². The lowest BCUT2D eigenvalue weighted by Crippen LogP contribution is -2.33. The Balaban J connectivity index is 1.20. The van der Waals surface area contributed by atoms with Crippen LogP contribution in [0, 0.1) is 0 Å². The van der Waals surface area contributed by atoms with E-state index in [1.165, 1.54) is 19.3 Å². The summed E-state index contributed by atoms with van der Waals surface area (Å²) in [5.41, 5.74) is 3.22. The van der Waals surface area contributed by atoms with Gasteiger partial charge in [0.2, 0.25) is 0 Å². The van der Waals surface area contributed by atoms with E-state index in [2.05, 4.69) is 4.90 Å². The van der Waals surface area contributed by atoms with Crippen molar-refractivity contribution in [3.05, 3.63) is 162 Å². The van der Waals surface area contributed by atoms with E-state index in [4.69, 9.17) is 14.2 Å². The van der Waals surface area contributed by atoms with Crippen LogP contribution in [0.5, 0.6) is 17.2 Å². The number of rotatable bonds is 11. The third-order valence-corrected chi connectivity index (χ3v) is 9.04. The zero-order valence-corrected chi connectivity index (χ0v) is 28.1. The van der Waals surface area contributed by atoms with Crippen molar-refractivity contribution in [3.63, 3.8) is 0 Å². The summed E-state index contributed by atoms with van der Waals surface area (Å²) in [6.45, 7) is 3.69. The Morgan fingerprint density at radius 3 is 1.84 bits per heavy atom. The van der Waals surface area contributed by atoms with Gasteiger partial charge in [0, 0.05) is 17.7 Å². The van der Waals surface area contributed by atoms with E-state index in [1.807, 2.05) is 42.5 Å². The van der Waals surface area contributed by atoms with Gasteiger partial charge in [-0.05, 0) is 127 Å². The number of carbonyl (C=O) groups is 3. The van der Waals surface area contributed by atoms with E-state index < -0.39 is 11.9 Å². The molecule has 51 heavy (non-hydrogen) atoms. The molecule has 1 saturated heterocycles. The molecular formula is C44H37NO6. The lowest BCUT2D eigenvalue weighted by atomic mass is 9.89. The molecule has 1 heterocycles. The van der Waals surface area contributed by atoms with Crippen LogP contribution in [0.2, 0.25) is 0 Å². The van der Waals surface area contributed by atoms with E-state index >= 15 is 0 Å². The van der Waals surface area contributed by atoms with Crippen molar-refractivity contribution >= 4 is 28.5 Å². The molecule has 6 aromatic carbocycles. The van der Waals surface area contributed by atoms with E-state index in [0.29, 0.717) is 62.6 Å². The monoisotopic (exact) mass is 675 g/mol. The summed E-state index contributed by atoms with van der Waals surface area (Å²) in [6.07, 6.45) is 3.76. The molecule has 0 N–H and O–H groups in total. The second-order valence-corrected chi connectivity index (χ2v) is 12.5. The van der Waals surface area contributed by atoms with Gasteiger partial charge >= 0.3 is 11.9 Å². The minimum absolute atomic E-state index is 0.184. The second kappa shape index (κ2) is 15.7. The van der Waals surface area contributed by atoms with Crippen LogP contribution in [-0.4, -0.2) is 48.9 Å². The first-order valence-electron chi connectivity index (χ1n) is 17.2. The van der Waals surface area contributed by atoms with Gasteiger partial charge in [0.05, 0.1) is 11.1 Å². The number of likely N-dealkylation sites (tertiary alicyclic amines) is 1. The van der Waals surface area contributed by atoms with Crippen LogP contribution in [0.4, 0.5) is 0 Å². The minimum Gasteiger partial charge on any atom is -0.492 e. The minimum atomic E-state index is -0.474. The van der Waals surface area contributed by atoms with Crippen molar-refractivity contribution < 1.29 is 28.6 Å². The lowest BCUT2D eigenvalue weighted by Gasteiger charge is -2.26. The molecule has 0 unspecified atom stereocenters. The van der Waals surface area contributed by atoms with Crippen LogP contribution in [0.1, 0.15) is 55.9 Å². The quantitative estimate of drug-likeness (QED) is 0.0770. The fourth-order valence-corrected chi connectivity index (χ4v) is 6.39. The molecule has 254 valence electrons. The fourth-order valence-electron chi connectivity index (χ4n) is 6.39. The van der Waals surface area contributed by atoms with Gasteiger partial charge in [0.25, 0.3) is 0 Å². The van der Waals surface area contributed by atoms with E-state index in [1.54, 1.807) is 97.1 Å². The molecule has 0 radical (unpaired) electrons. The summed E-state index contributed by atoms with van der Waals surface area (Å²) in [5.74, 6) is 0.300. The summed E-state index contributed by atoms with van der Waals surface area (Å²) < 4.78 is 17.4. The molecule has 7 nitrogen and oxygen atoms in total. The molecule has 0 atom stereocenters. The van der Waals surface area contributed by atoms with E-state index in [-0.39, 0.29) is 5.78 Å². The number of piperidine rings is 1. The van der Waals surface area contributed by atoms with Gasteiger partial charge in [-0.2, -0.15) is 0 Å². The van der Waals surface area contributed by atoms with Crippen LogP contribution in [0.3, 0.4) is 0 Å². The average molecular weight is 676 g/mol. The van der Waals surface area contributed by atoms with Crippen molar-refractivity contribution in [2.24, 2.45) is 0 Å². The fraction of sp³-hybridized carbons (Fsp3) is 0.159. The number of fused-ring (bicyclic) bond motifs is 1. The number of benzene rings is 6. The number of nitrogens with zero attached hydrogens (tertiary/aromatic N) is 1. The summed E-state index contributed by atoms with van der Waals surface area (Å²) in [5, 5.41) is 1.41. The van der Waals surface area contributed by atoms with Gasteiger partial charge in [-0.15, -0.1) is 0 Å². The highest BCUT2D eigenvalue weighted by molar-refractivity contribution is 6.20. The summed E-state index contributed by atoms with van der Waals surface area (Å²) >= 11 is 0. The zero-order valence-electron chi connectivity index (χ0n) is 28.1. The number of hydrogen-bond acceptors (Lipinski definition) is 7. The molecular weight excluding hydrogens is 638 g/mol. The highest BCUT2D eigenvalue weighted by atomic mass is 16.5. The van der Waals surface area contributed by atoms with Gasteiger partial charge < -0.3 is 14.2 Å². The van der Waals surface area contributed by atoms with Crippen molar-refractivity contribution in [1.29, 1.82) is 0 Å². The largest absolute Gasteiger partial charge is 0.492 e. The van der Waals surface area contributed by atoms with E-state index in [9.17, 15) is 14.4 Å². The molecule has 1 fully saturated rings. The normalized spacial score (nSPS) is 13.0. The molecule has 0 bridgehead atoms. The lowest BCUT2D eigenvalue weighted by molar-refractivity contribution is 0.0725. The highest BCUT2D eigenvalue weighted by Crippen LogP contribution is 2.36. The van der Waals surface area contributed by atoms with Crippen LogP contribution < -0.4 is 14.2 Å². The Morgan fingerprint density at radius 2 is 1.18 bits per heavy atom. The Bertz CT molecular complexity index is 2160. The Kier molecular flexibility index (Phi) is 10.3. The third kappa shape index (κ3) is 8.06. The van der Waals surface area contributed by atoms with Gasteiger partial charge in [0.15, 0.2) is 5.78 Å². The Morgan fingerprint density at radius 1 is 0.549 bits per heavy atom. The first kappa shape index (κ1) is 33.4. The summed E-state index contributed by atoms with van der Waals surface area (Å²) in [4.78, 5) is 42.5. The number of ether oxygens (including phenoxy) is 3. The van der Waals surface area contributed by atoms with Crippen LogP contribution >= 0.6 is 0 Å². The Labute approximate surface area is 297 Å². The standard InChI is InChI=1S/C44H37NO6/c46-42(31-17-20-36(21-18-31)49-28-27-45-25-8-3-9-26-45)41-39(34-15-10-16-37(29-34)50-43(47)32-11-4-1-5-12-32)23-19-35-30-38(22-24-40(35)41)51-44(48)33-13-6-2-7-14-33/h1-2,4-7,10-24,29-30H,3,8-9,25-28H2. The molecule has 1 aliphatic heterocycles. The highest BCUT2D eigenvalue weighted by Gasteiger charge is 2.21. The van der Waals surface area contributed by atoms with Gasteiger partial charge in [0.1, 0.15) is 23.9 Å². The molecule has 7 heteroatoms. The number of ketones is 1. The molecule has 0 aromatic heterocycles.